The molecule has 35 heavy (non-hydrogen) atoms. The molecule has 2 amide bonds. The summed E-state index contributed by atoms with van der Waals surface area (Å²) in [5.41, 5.74) is 5.57. The number of nitrogens with zero attached hydrogens (tertiary/aromatic N) is 3. The van der Waals surface area contributed by atoms with Crippen molar-refractivity contribution in [3.8, 4) is 0 Å². The van der Waals surface area contributed by atoms with Gasteiger partial charge in [-0.3, -0.25) is 9.59 Å². The number of fused-ring (bicyclic) bond motifs is 1. The normalized spacial score (nSPS) is 15.4. The Kier molecular flexibility index (Phi) is 9.08. The predicted octanol–water partition coefficient (Wildman–Crippen LogP) is 5.23. The highest BCUT2D eigenvalue weighted by Crippen LogP contribution is 2.39. The Hall–Kier alpha value is -2.71. The van der Waals surface area contributed by atoms with Crippen molar-refractivity contribution in [1.82, 2.24) is 20.2 Å². The van der Waals surface area contributed by atoms with Crippen LogP contribution >= 0.6 is 11.3 Å². The summed E-state index contributed by atoms with van der Waals surface area (Å²) in [5.74, 6) is -0.179. The molecule has 2 aromatic rings. The summed E-state index contributed by atoms with van der Waals surface area (Å²) in [7, 11) is 3.40. The first-order valence-electron chi connectivity index (χ1n) is 12.4. The number of hydrazine groups is 1. The molecule has 3 heterocycles. The van der Waals surface area contributed by atoms with Crippen molar-refractivity contribution < 1.29 is 14.0 Å². The number of amides is 2. The zero-order chi connectivity index (χ0) is 25.7. The van der Waals surface area contributed by atoms with Gasteiger partial charge in [0.1, 0.15) is 5.82 Å². The fraction of sp³-hybridized carbons (Fsp3) is 0.481. The van der Waals surface area contributed by atoms with E-state index in [4.69, 9.17) is 0 Å². The largest absolute Gasteiger partial charge is 0.344 e. The molecule has 8 heteroatoms. The molecule has 6 nitrogen and oxygen atoms in total. The van der Waals surface area contributed by atoms with Crippen LogP contribution in [0.2, 0.25) is 0 Å². The van der Waals surface area contributed by atoms with Gasteiger partial charge in [-0.05, 0) is 41.0 Å². The van der Waals surface area contributed by atoms with E-state index >= 15 is 4.39 Å². The Bertz CT molecular complexity index is 1140. The summed E-state index contributed by atoms with van der Waals surface area (Å²) in [6, 6.07) is 3.73. The third-order valence-corrected chi connectivity index (χ3v) is 7.25. The lowest BCUT2D eigenvalue weighted by atomic mass is 9.92. The van der Waals surface area contributed by atoms with Crippen LogP contribution in [0.3, 0.4) is 0 Å². The molecule has 0 bridgehead atoms. The van der Waals surface area contributed by atoms with E-state index < -0.39 is 0 Å². The highest BCUT2D eigenvalue weighted by Gasteiger charge is 2.25. The molecule has 2 aliphatic heterocycles. The second-order valence-corrected chi connectivity index (χ2v) is 10.1. The van der Waals surface area contributed by atoms with Gasteiger partial charge < -0.3 is 14.8 Å². The van der Waals surface area contributed by atoms with Crippen molar-refractivity contribution in [2.24, 2.45) is 0 Å². The Morgan fingerprint density at radius 1 is 1.23 bits per heavy atom. The van der Waals surface area contributed by atoms with Crippen LogP contribution < -0.4 is 5.43 Å². The van der Waals surface area contributed by atoms with E-state index in [2.05, 4.69) is 19.3 Å². The second kappa shape index (κ2) is 11.8. The minimum atomic E-state index is -0.302. The first-order valence-corrected chi connectivity index (χ1v) is 13.2. The summed E-state index contributed by atoms with van der Waals surface area (Å²) in [4.78, 5) is 29.2. The lowest BCUT2D eigenvalue weighted by Crippen LogP contribution is -2.38. The number of carbonyl (C=O) groups excluding carboxylic acids is 2. The average Bonchev–Trinajstić information content (AvgIpc) is 3.54. The van der Waals surface area contributed by atoms with Gasteiger partial charge in [0.25, 0.3) is 5.91 Å². The van der Waals surface area contributed by atoms with Crippen LogP contribution in [0, 0.1) is 5.82 Å². The molecule has 190 valence electrons. The van der Waals surface area contributed by atoms with Crippen LogP contribution in [0.5, 0.6) is 0 Å². The number of halogens is 1. The number of nitrogens with one attached hydrogen (secondary N) is 1. The van der Waals surface area contributed by atoms with Gasteiger partial charge in [-0.1, -0.05) is 39.8 Å². The summed E-state index contributed by atoms with van der Waals surface area (Å²) >= 11 is 1.21. The molecule has 2 aliphatic rings. The molecule has 0 saturated carbocycles. The maximum Gasteiger partial charge on any atom is 0.263 e. The molecule has 0 fully saturated rings. The predicted molar refractivity (Wildman–Crippen MR) is 143 cm³/mol. The molecule has 1 aromatic heterocycles. The van der Waals surface area contributed by atoms with E-state index in [9.17, 15) is 9.59 Å². The third kappa shape index (κ3) is 5.93. The van der Waals surface area contributed by atoms with Gasteiger partial charge in [-0.25, -0.2) is 9.82 Å². The number of rotatable bonds is 6. The summed E-state index contributed by atoms with van der Waals surface area (Å²) in [5, 5.41) is 2.72. The smallest absolute Gasteiger partial charge is 0.263 e. The standard InChI is InChI=1S/C25H31FN4O2S.C2H6/c1-16(2)18-13-19(23(26)24-20(18)14-21(33-24)25(32)28(3)4)17-7-5-10-29(15-17)22(31)8-12-30-11-6-9-27-30;1-2/h6-7,11,13-14,16,27H,5,8-10,12,15H2,1-4H3;1-2H3. The minimum absolute atomic E-state index is 0.0725. The van der Waals surface area contributed by atoms with Gasteiger partial charge in [0, 0.05) is 58.5 Å². The van der Waals surface area contributed by atoms with Crippen molar-refractivity contribution in [3.05, 3.63) is 52.3 Å². The molecule has 1 aromatic carbocycles. The van der Waals surface area contributed by atoms with Crippen molar-refractivity contribution in [1.29, 1.82) is 0 Å². The van der Waals surface area contributed by atoms with Crippen LogP contribution in [0.15, 0.2) is 30.5 Å². The van der Waals surface area contributed by atoms with E-state index in [1.54, 1.807) is 14.1 Å². The Morgan fingerprint density at radius 2 is 1.97 bits per heavy atom. The lowest BCUT2D eigenvalue weighted by molar-refractivity contribution is -0.131. The van der Waals surface area contributed by atoms with Gasteiger partial charge in [-0.15, -0.1) is 11.3 Å². The van der Waals surface area contributed by atoms with Crippen LogP contribution in [0.4, 0.5) is 4.39 Å². The molecule has 0 spiro atoms. The molecular formula is C27H37FN4O2S. The topological polar surface area (TPSA) is 55.9 Å². The van der Waals surface area contributed by atoms with Crippen molar-refractivity contribution in [3.63, 3.8) is 0 Å². The molecule has 4 rings (SSSR count). The average molecular weight is 501 g/mol. The monoisotopic (exact) mass is 500 g/mol. The van der Waals surface area contributed by atoms with Crippen molar-refractivity contribution in [2.75, 3.05) is 40.3 Å². The number of thiophene rings is 1. The highest BCUT2D eigenvalue weighted by molar-refractivity contribution is 7.20. The van der Waals surface area contributed by atoms with Gasteiger partial charge in [-0.2, -0.15) is 0 Å². The maximum atomic E-state index is 15.8. The van der Waals surface area contributed by atoms with E-state index in [0.29, 0.717) is 47.6 Å². The SMILES string of the molecule is CC.CC(C)c1cc(C2=CCCN(C(=O)CCN3C=CCN3)C2)c(F)c2sc(C(=O)N(C)C)cc12. The van der Waals surface area contributed by atoms with Crippen LogP contribution in [-0.4, -0.2) is 66.9 Å². The van der Waals surface area contributed by atoms with Crippen LogP contribution in [0.1, 0.15) is 67.3 Å². The Labute approximate surface area is 212 Å². The van der Waals surface area contributed by atoms with E-state index in [-0.39, 0.29) is 23.5 Å². The van der Waals surface area contributed by atoms with E-state index in [1.165, 1.54) is 16.2 Å². The molecule has 0 unspecified atom stereocenters. The fourth-order valence-electron chi connectivity index (χ4n) is 4.31. The first kappa shape index (κ1) is 26.9. The summed E-state index contributed by atoms with van der Waals surface area (Å²) in [6.07, 6.45) is 7.11. The van der Waals surface area contributed by atoms with Gasteiger partial charge in [0.15, 0.2) is 0 Å². The minimum Gasteiger partial charge on any atom is -0.344 e. The van der Waals surface area contributed by atoms with Crippen molar-refractivity contribution >= 4 is 38.8 Å². The molecule has 0 radical (unpaired) electrons. The number of hydrogen-bond acceptors (Lipinski definition) is 5. The number of hydrogen-bond donors (Lipinski definition) is 1. The quantitative estimate of drug-likeness (QED) is 0.590. The van der Waals surface area contributed by atoms with Gasteiger partial charge in [0.2, 0.25) is 5.91 Å². The van der Waals surface area contributed by atoms with Crippen LogP contribution in [-0.2, 0) is 4.79 Å². The van der Waals surface area contributed by atoms with Gasteiger partial charge in [0.05, 0.1) is 9.58 Å². The summed E-state index contributed by atoms with van der Waals surface area (Å²) in [6.45, 7) is 10.6. The number of carbonyl (C=O) groups is 2. The molecular weight excluding hydrogens is 463 g/mol. The fourth-order valence-corrected chi connectivity index (χ4v) is 5.46. The molecule has 0 saturated heterocycles. The van der Waals surface area contributed by atoms with E-state index in [0.717, 1.165) is 23.1 Å². The first-order chi connectivity index (χ1) is 16.8. The van der Waals surface area contributed by atoms with Crippen molar-refractivity contribution in [2.45, 2.75) is 46.5 Å². The maximum absolute atomic E-state index is 15.8. The number of benzene rings is 1. The van der Waals surface area contributed by atoms with Crippen LogP contribution in [0.25, 0.3) is 15.7 Å². The summed E-state index contributed by atoms with van der Waals surface area (Å²) < 4.78 is 16.3. The van der Waals surface area contributed by atoms with E-state index in [1.807, 2.05) is 54.2 Å². The molecule has 0 atom stereocenters. The molecule has 1 N–H and O–H groups in total. The zero-order valence-corrected chi connectivity index (χ0v) is 22.5. The second-order valence-electron chi connectivity index (χ2n) is 9.06. The highest BCUT2D eigenvalue weighted by atomic mass is 32.1. The molecule has 0 aliphatic carbocycles. The Morgan fingerprint density at radius 3 is 2.60 bits per heavy atom. The van der Waals surface area contributed by atoms with Gasteiger partial charge >= 0.3 is 0 Å². The zero-order valence-electron chi connectivity index (χ0n) is 21.7. The Balaban J connectivity index is 0.00000167. The lowest BCUT2D eigenvalue weighted by Gasteiger charge is -2.29. The third-order valence-electron chi connectivity index (χ3n) is 6.13.